The van der Waals surface area contributed by atoms with Crippen molar-refractivity contribution >= 4 is 0 Å². The summed E-state index contributed by atoms with van der Waals surface area (Å²) in [4.78, 5) is 2.42. The molecule has 1 saturated carbocycles. The second-order valence-electron chi connectivity index (χ2n) is 9.62. The molecular formula is C29H33NO3. The maximum absolute atomic E-state index is 10.8. The molecule has 0 bridgehead atoms. The molecule has 0 amide bonds. The van der Waals surface area contributed by atoms with Crippen LogP contribution in [0.4, 0.5) is 0 Å². The monoisotopic (exact) mass is 443 g/mol. The van der Waals surface area contributed by atoms with Gasteiger partial charge in [-0.25, -0.2) is 0 Å². The molecule has 4 atom stereocenters. The van der Waals surface area contributed by atoms with Crippen molar-refractivity contribution in [3.05, 3.63) is 95.6 Å². The van der Waals surface area contributed by atoms with Crippen LogP contribution in [0.15, 0.2) is 78.9 Å². The third-order valence-corrected chi connectivity index (χ3v) is 7.05. The predicted octanol–water partition coefficient (Wildman–Crippen LogP) is 5.40. The fourth-order valence-corrected chi connectivity index (χ4v) is 5.27. The van der Waals surface area contributed by atoms with E-state index in [2.05, 4.69) is 48.2 Å². The second kappa shape index (κ2) is 9.98. The van der Waals surface area contributed by atoms with Crippen LogP contribution < -0.4 is 9.47 Å². The van der Waals surface area contributed by atoms with Crippen LogP contribution in [0.5, 0.6) is 11.5 Å². The maximum atomic E-state index is 10.8. The van der Waals surface area contributed by atoms with E-state index in [0.29, 0.717) is 31.1 Å². The minimum atomic E-state index is -0.480. The number of hydrogen-bond acceptors (Lipinski definition) is 4. The normalized spacial score (nSPS) is 23.3. The molecule has 1 heterocycles. The zero-order chi connectivity index (χ0) is 22.6. The predicted molar refractivity (Wildman–Crippen MR) is 130 cm³/mol. The van der Waals surface area contributed by atoms with E-state index in [4.69, 9.17) is 9.47 Å². The van der Waals surface area contributed by atoms with E-state index in [1.807, 2.05) is 42.5 Å². The Morgan fingerprint density at radius 1 is 0.848 bits per heavy atom. The minimum absolute atomic E-state index is 0.318. The van der Waals surface area contributed by atoms with Gasteiger partial charge >= 0.3 is 0 Å². The molecular weight excluding hydrogens is 410 g/mol. The van der Waals surface area contributed by atoms with E-state index >= 15 is 0 Å². The van der Waals surface area contributed by atoms with Crippen molar-refractivity contribution in [2.45, 2.75) is 38.6 Å². The van der Waals surface area contributed by atoms with Crippen molar-refractivity contribution in [1.29, 1.82) is 0 Å². The highest BCUT2D eigenvalue weighted by Crippen LogP contribution is 2.40. The number of likely N-dealkylation sites (tertiary alicyclic amines) is 1. The Hall–Kier alpha value is -2.82. The average Bonchev–Trinajstić information content (AvgIpc) is 3.38. The summed E-state index contributed by atoms with van der Waals surface area (Å²) in [5.74, 6) is 3.14. The van der Waals surface area contributed by atoms with Gasteiger partial charge in [-0.15, -0.1) is 0 Å². The Kier molecular flexibility index (Phi) is 6.65. The van der Waals surface area contributed by atoms with Crippen molar-refractivity contribution in [3.8, 4) is 11.5 Å². The van der Waals surface area contributed by atoms with Gasteiger partial charge in [0.15, 0.2) is 0 Å². The molecule has 4 nitrogen and oxygen atoms in total. The van der Waals surface area contributed by atoms with Crippen LogP contribution in [0.1, 0.15) is 35.6 Å². The Bertz CT molecular complexity index is 1000. The molecule has 0 aromatic heterocycles. The summed E-state index contributed by atoms with van der Waals surface area (Å²) in [6.45, 7) is 5.43. The topological polar surface area (TPSA) is 41.9 Å². The smallest absolute Gasteiger partial charge is 0.119 e. The number of fused-ring (bicyclic) bond motifs is 1. The molecule has 1 saturated heterocycles. The second-order valence-corrected chi connectivity index (χ2v) is 9.62. The molecule has 3 aromatic carbocycles. The maximum Gasteiger partial charge on any atom is 0.119 e. The lowest BCUT2D eigenvalue weighted by molar-refractivity contribution is 0.116. The van der Waals surface area contributed by atoms with E-state index in [9.17, 15) is 5.11 Å². The van der Waals surface area contributed by atoms with Crippen molar-refractivity contribution in [1.82, 2.24) is 4.90 Å². The summed E-state index contributed by atoms with van der Waals surface area (Å²) in [6.07, 6.45) is 2.06. The molecule has 1 N–H and O–H groups in total. The number of rotatable bonds is 8. The molecule has 1 aliphatic heterocycles. The van der Waals surface area contributed by atoms with Gasteiger partial charge in [-0.2, -0.15) is 0 Å². The molecule has 0 radical (unpaired) electrons. The summed E-state index contributed by atoms with van der Waals surface area (Å²) in [5.41, 5.74) is 3.35. The molecule has 0 spiro atoms. The first kappa shape index (κ1) is 22.0. The third-order valence-electron chi connectivity index (χ3n) is 7.05. The lowest BCUT2D eigenvalue weighted by Crippen LogP contribution is -2.28. The molecule has 1 unspecified atom stereocenters. The van der Waals surface area contributed by atoms with Gasteiger partial charge in [0, 0.05) is 19.6 Å². The van der Waals surface area contributed by atoms with Crippen LogP contribution >= 0.6 is 0 Å². The van der Waals surface area contributed by atoms with Crippen LogP contribution in [0, 0.1) is 18.8 Å². The number of ether oxygens (including phenoxy) is 2. The first-order valence-corrected chi connectivity index (χ1v) is 12.0. The zero-order valence-electron chi connectivity index (χ0n) is 19.3. The van der Waals surface area contributed by atoms with Gasteiger partial charge in [0.05, 0.1) is 12.2 Å². The zero-order valence-corrected chi connectivity index (χ0v) is 19.3. The summed E-state index contributed by atoms with van der Waals surface area (Å²) in [5, 5.41) is 10.8. The molecule has 1 aliphatic carbocycles. The average molecular weight is 444 g/mol. The molecule has 4 heteroatoms. The highest BCUT2D eigenvalue weighted by atomic mass is 16.5. The molecule has 172 valence electrons. The van der Waals surface area contributed by atoms with Gasteiger partial charge in [-0.05, 0) is 67.0 Å². The molecule has 5 rings (SSSR count). The highest BCUT2D eigenvalue weighted by molar-refractivity contribution is 5.29. The largest absolute Gasteiger partial charge is 0.490 e. The Morgan fingerprint density at radius 2 is 1.48 bits per heavy atom. The third kappa shape index (κ3) is 5.58. The van der Waals surface area contributed by atoms with Crippen LogP contribution in [-0.4, -0.2) is 35.7 Å². The lowest BCUT2D eigenvalue weighted by atomic mass is 10.0. The van der Waals surface area contributed by atoms with Gasteiger partial charge in [0.25, 0.3) is 0 Å². The fraction of sp³-hybridized carbons (Fsp3) is 0.379. The van der Waals surface area contributed by atoms with Crippen LogP contribution in [0.3, 0.4) is 0 Å². The number of benzene rings is 3. The highest BCUT2D eigenvalue weighted by Gasteiger charge is 2.42. The van der Waals surface area contributed by atoms with Gasteiger partial charge in [-0.1, -0.05) is 60.2 Å². The molecule has 33 heavy (non-hydrogen) atoms. The number of aryl methyl sites for hydroxylation is 1. The molecule has 2 fully saturated rings. The van der Waals surface area contributed by atoms with E-state index in [1.54, 1.807) is 0 Å². The van der Waals surface area contributed by atoms with Crippen LogP contribution in [0.2, 0.25) is 0 Å². The van der Waals surface area contributed by atoms with Crippen molar-refractivity contribution < 1.29 is 14.6 Å². The van der Waals surface area contributed by atoms with Crippen molar-refractivity contribution in [3.63, 3.8) is 0 Å². The number of hydrogen-bond donors (Lipinski definition) is 1. The van der Waals surface area contributed by atoms with Gasteiger partial charge < -0.3 is 14.6 Å². The number of aliphatic hydroxyl groups is 1. The van der Waals surface area contributed by atoms with Crippen molar-refractivity contribution in [2.24, 2.45) is 11.8 Å². The van der Waals surface area contributed by atoms with Crippen LogP contribution in [0.25, 0.3) is 0 Å². The summed E-state index contributed by atoms with van der Waals surface area (Å²) in [7, 11) is 0. The number of nitrogens with zero attached hydrogens (tertiary/aromatic N) is 1. The first-order chi connectivity index (χ1) is 16.1. The quantitative estimate of drug-likeness (QED) is 0.506. The van der Waals surface area contributed by atoms with Gasteiger partial charge in [0.1, 0.15) is 18.1 Å². The van der Waals surface area contributed by atoms with Crippen LogP contribution in [-0.2, 0) is 6.61 Å². The Morgan fingerprint density at radius 3 is 2.15 bits per heavy atom. The van der Waals surface area contributed by atoms with Gasteiger partial charge in [0.2, 0.25) is 0 Å². The van der Waals surface area contributed by atoms with E-state index in [0.717, 1.165) is 48.6 Å². The molecule has 3 aromatic rings. The first-order valence-electron chi connectivity index (χ1n) is 12.0. The number of aliphatic hydroxyl groups excluding tert-OH is 1. The Balaban J connectivity index is 1.08. The van der Waals surface area contributed by atoms with Gasteiger partial charge in [-0.3, -0.25) is 4.90 Å². The number of β-amino-alcohol motifs (C(OH)–C–C–N with tert-alkyl or cyclic N) is 1. The van der Waals surface area contributed by atoms with E-state index in [-0.39, 0.29) is 0 Å². The van der Waals surface area contributed by atoms with E-state index < -0.39 is 6.10 Å². The summed E-state index contributed by atoms with van der Waals surface area (Å²) in [6, 6.07) is 26.4. The SMILES string of the molecule is Cc1ccc(O[C@H]2C[C@@H]3CN(CC(O)c4ccc(OCc5ccccc5)cc4)C[C@@H]3C2)cc1. The standard InChI is InChI=1S/C29H33NO3/c1-21-7-11-27(12-8-21)33-28-15-24-17-30(18-25(24)16-28)19-29(31)23-9-13-26(14-10-23)32-20-22-5-3-2-4-6-22/h2-14,24-25,28-29,31H,15-20H2,1H3/t24-,25+,28+,29?. The van der Waals surface area contributed by atoms with Crippen molar-refractivity contribution in [2.75, 3.05) is 19.6 Å². The summed E-state index contributed by atoms with van der Waals surface area (Å²) >= 11 is 0. The lowest BCUT2D eigenvalue weighted by Gasteiger charge is -2.22. The molecule has 2 aliphatic rings. The summed E-state index contributed by atoms with van der Waals surface area (Å²) < 4.78 is 12.1. The Labute approximate surface area is 196 Å². The van der Waals surface area contributed by atoms with E-state index in [1.165, 1.54) is 5.56 Å². The minimum Gasteiger partial charge on any atom is -0.490 e. The fourth-order valence-electron chi connectivity index (χ4n) is 5.27.